The Morgan fingerprint density at radius 1 is 1.57 bits per heavy atom. The van der Waals surface area contributed by atoms with Crippen molar-refractivity contribution in [3.63, 3.8) is 0 Å². The van der Waals surface area contributed by atoms with E-state index in [9.17, 15) is 9.90 Å². The van der Waals surface area contributed by atoms with Crippen LogP contribution in [0.3, 0.4) is 0 Å². The predicted molar refractivity (Wildman–Crippen MR) is 50.9 cm³/mol. The average Bonchev–Trinajstić information content (AvgIpc) is 2.71. The Morgan fingerprint density at radius 3 is 2.86 bits per heavy atom. The highest BCUT2D eigenvalue weighted by Crippen LogP contribution is 2.35. The molecule has 0 saturated carbocycles. The maximum Gasteiger partial charge on any atom is 0.419 e. The molecule has 74 valence electrons. The molecule has 0 amide bonds. The highest BCUT2D eigenvalue weighted by atomic mass is 32.1. The molecule has 0 unspecified atom stereocenters. The largest absolute Gasteiger partial charge is 0.492 e. The first kappa shape index (κ1) is 8.89. The Morgan fingerprint density at radius 2 is 2.36 bits per heavy atom. The number of nitrogens with one attached hydrogen (secondary N) is 1. The van der Waals surface area contributed by atoms with Crippen LogP contribution in [0.2, 0.25) is 0 Å². The van der Waals surface area contributed by atoms with Crippen molar-refractivity contribution >= 4 is 11.3 Å². The summed E-state index contributed by atoms with van der Waals surface area (Å²) in [4.78, 5) is 13.5. The van der Waals surface area contributed by atoms with E-state index in [-0.39, 0.29) is 11.6 Å². The van der Waals surface area contributed by atoms with Crippen LogP contribution in [-0.4, -0.2) is 17.2 Å². The molecule has 0 radical (unpaired) electrons. The number of rotatable bonds is 2. The maximum absolute atomic E-state index is 10.8. The summed E-state index contributed by atoms with van der Waals surface area (Å²) in [5.41, 5.74) is 0. The number of hydrogen-bond donors (Lipinski definition) is 2. The molecule has 0 aliphatic rings. The Hall–Kier alpha value is -1.69. The Kier molecular flexibility index (Phi) is 2.05. The standard InChI is InChI=1S/C8H7NO4S/c1-12-5-3-2-4(14-5)6-7(10)9-8(11)13-6/h2-3,10H,1H3,(H,9,11). The molecule has 0 aliphatic heterocycles. The summed E-state index contributed by atoms with van der Waals surface area (Å²) < 4.78 is 9.72. The SMILES string of the molecule is COc1ccc(-c2oc(=O)[nH]c2O)s1. The second-order valence-corrected chi connectivity index (χ2v) is 3.56. The van der Waals surface area contributed by atoms with Gasteiger partial charge in [0.2, 0.25) is 11.6 Å². The number of ether oxygens (including phenoxy) is 1. The van der Waals surface area contributed by atoms with Crippen molar-refractivity contribution < 1.29 is 14.3 Å². The molecule has 0 atom stereocenters. The first-order valence-corrected chi connectivity index (χ1v) is 4.58. The smallest absolute Gasteiger partial charge is 0.419 e. The molecular formula is C8H7NO4S. The number of hydrogen-bond acceptors (Lipinski definition) is 5. The minimum atomic E-state index is -0.676. The van der Waals surface area contributed by atoms with Gasteiger partial charge in [-0.15, -0.1) is 0 Å². The topological polar surface area (TPSA) is 75.5 Å². The Labute approximate surface area is 82.6 Å². The van der Waals surface area contributed by atoms with Crippen molar-refractivity contribution in [3.05, 3.63) is 22.7 Å². The van der Waals surface area contributed by atoms with Gasteiger partial charge in [0.25, 0.3) is 0 Å². The zero-order chi connectivity index (χ0) is 10.1. The minimum Gasteiger partial charge on any atom is -0.492 e. The second-order valence-electron chi connectivity index (χ2n) is 2.52. The van der Waals surface area contributed by atoms with Crippen molar-refractivity contribution in [1.82, 2.24) is 4.98 Å². The summed E-state index contributed by atoms with van der Waals surface area (Å²) in [6, 6.07) is 3.43. The van der Waals surface area contributed by atoms with E-state index in [1.54, 1.807) is 19.2 Å². The van der Waals surface area contributed by atoms with Crippen molar-refractivity contribution in [2.45, 2.75) is 0 Å². The van der Waals surface area contributed by atoms with Gasteiger partial charge < -0.3 is 14.3 Å². The van der Waals surface area contributed by atoms with Gasteiger partial charge in [-0.3, -0.25) is 4.98 Å². The van der Waals surface area contributed by atoms with Crippen molar-refractivity contribution in [1.29, 1.82) is 0 Å². The average molecular weight is 213 g/mol. The fraction of sp³-hybridized carbons (Fsp3) is 0.125. The number of methoxy groups -OCH3 is 1. The molecule has 0 spiro atoms. The number of aromatic nitrogens is 1. The van der Waals surface area contributed by atoms with Crippen LogP contribution in [-0.2, 0) is 0 Å². The number of aromatic hydroxyl groups is 1. The number of thiophene rings is 1. The van der Waals surface area contributed by atoms with Gasteiger partial charge in [-0.05, 0) is 12.1 Å². The van der Waals surface area contributed by atoms with E-state index in [4.69, 9.17) is 9.15 Å². The Balaban J connectivity index is 2.48. The summed E-state index contributed by atoms with van der Waals surface area (Å²) >= 11 is 1.28. The molecular weight excluding hydrogens is 206 g/mol. The normalized spacial score (nSPS) is 10.4. The molecule has 0 aromatic carbocycles. The van der Waals surface area contributed by atoms with Crippen molar-refractivity contribution in [2.24, 2.45) is 0 Å². The highest BCUT2D eigenvalue weighted by molar-refractivity contribution is 7.17. The molecule has 6 heteroatoms. The van der Waals surface area contributed by atoms with Gasteiger partial charge in [0.1, 0.15) is 0 Å². The van der Waals surface area contributed by atoms with Gasteiger partial charge in [-0.2, -0.15) is 0 Å². The van der Waals surface area contributed by atoms with Gasteiger partial charge in [0.15, 0.2) is 5.06 Å². The van der Waals surface area contributed by atoms with Gasteiger partial charge in [0, 0.05) is 0 Å². The summed E-state index contributed by atoms with van der Waals surface area (Å²) in [6.45, 7) is 0. The van der Waals surface area contributed by atoms with E-state index in [0.717, 1.165) is 0 Å². The van der Waals surface area contributed by atoms with Crippen LogP contribution in [0.25, 0.3) is 10.6 Å². The molecule has 2 heterocycles. The van der Waals surface area contributed by atoms with Crippen molar-refractivity contribution in [2.75, 3.05) is 7.11 Å². The molecule has 2 rings (SSSR count). The zero-order valence-electron chi connectivity index (χ0n) is 7.23. The van der Waals surface area contributed by atoms with Gasteiger partial charge in [0.05, 0.1) is 12.0 Å². The third-order valence-corrected chi connectivity index (χ3v) is 2.68. The van der Waals surface area contributed by atoms with E-state index >= 15 is 0 Å². The lowest BCUT2D eigenvalue weighted by Crippen LogP contribution is -1.92. The highest BCUT2D eigenvalue weighted by Gasteiger charge is 2.13. The quantitative estimate of drug-likeness (QED) is 0.790. The van der Waals surface area contributed by atoms with Crippen LogP contribution in [0, 0.1) is 0 Å². The molecule has 2 N–H and O–H groups in total. The number of H-pyrrole nitrogens is 1. The van der Waals surface area contributed by atoms with E-state index in [1.165, 1.54) is 11.3 Å². The van der Waals surface area contributed by atoms with Crippen LogP contribution >= 0.6 is 11.3 Å². The lowest BCUT2D eigenvalue weighted by Gasteiger charge is -1.90. The first-order chi connectivity index (χ1) is 6.70. The van der Waals surface area contributed by atoms with Crippen LogP contribution < -0.4 is 10.5 Å². The summed E-state index contributed by atoms with van der Waals surface area (Å²) in [5.74, 6) is -0.798. The zero-order valence-corrected chi connectivity index (χ0v) is 8.05. The predicted octanol–water partition coefficient (Wildman–Crippen LogP) is 1.41. The van der Waals surface area contributed by atoms with E-state index in [0.29, 0.717) is 9.94 Å². The fourth-order valence-electron chi connectivity index (χ4n) is 1.04. The minimum absolute atomic E-state index is 0.142. The van der Waals surface area contributed by atoms with Crippen LogP contribution in [0.4, 0.5) is 0 Å². The van der Waals surface area contributed by atoms with Crippen LogP contribution in [0.1, 0.15) is 0 Å². The summed E-state index contributed by atoms with van der Waals surface area (Å²) in [7, 11) is 1.54. The Bertz CT molecular complexity index is 495. The maximum atomic E-state index is 10.8. The number of oxazole rings is 1. The lowest BCUT2D eigenvalue weighted by molar-refractivity contribution is 0.427. The van der Waals surface area contributed by atoms with E-state index in [2.05, 4.69) is 4.98 Å². The molecule has 2 aromatic rings. The molecule has 2 aromatic heterocycles. The molecule has 0 saturated heterocycles. The van der Waals surface area contributed by atoms with Gasteiger partial charge in [-0.1, -0.05) is 11.3 Å². The summed E-state index contributed by atoms with van der Waals surface area (Å²) in [6.07, 6.45) is 0. The molecule has 0 aliphatic carbocycles. The first-order valence-electron chi connectivity index (χ1n) is 3.77. The van der Waals surface area contributed by atoms with E-state index < -0.39 is 5.76 Å². The summed E-state index contributed by atoms with van der Waals surface area (Å²) in [5, 5.41) is 9.97. The number of aromatic amines is 1. The van der Waals surface area contributed by atoms with Gasteiger partial charge >= 0.3 is 5.76 Å². The van der Waals surface area contributed by atoms with E-state index in [1.807, 2.05) is 0 Å². The molecule has 0 fully saturated rings. The van der Waals surface area contributed by atoms with Crippen LogP contribution in [0.5, 0.6) is 10.9 Å². The lowest BCUT2D eigenvalue weighted by atomic mass is 10.4. The monoisotopic (exact) mass is 213 g/mol. The van der Waals surface area contributed by atoms with Crippen molar-refractivity contribution in [3.8, 4) is 21.6 Å². The van der Waals surface area contributed by atoms with Crippen LogP contribution in [0.15, 0.2) is 21.3 Å². The third kappa shape index (κ3) is 1.39. The second kappa shape index (κ2) is 3.22. The third-order valence-electron chi connectivity index (χ3n) is 1.64. The fourth-order valence-corrected chi connectivity index (χ4v) is 1.84. The molecule has 5 nitrogen and oxygen atoms in total. The van der Waals surface area contributed by atoms with Gasteiger partial charge in [-0.25, -0.2) is 4.79 Å². The molecule has 14 heavy (non-hydrogen) atoms. The molecule has 0 bridgehead atoms.